The number of aliphatic hydroxyl groups excluding tert-OH is 1. The molecule has 1 N–H and O–H groups in total. The Balaban J connectivity index is 2.88. The van der Waals surface area contributed by atoms with E-state index in [1.807, 2.05) is 17.5 Å². The zero-order valence-corrected chi connectivity index (χ0v) is 10.3. The minimum atomic E-state index is 0.0455. The minimum Gasteiger partial charge on any atom is -0.392 e. The normalized spacial score (nSPS) is 11.0. The predicted molar refractivity (Wildman–Crippen MR) is 65.5 cm³/mol. The monoisotopic (exact) mass is 324 g/mol. The lowest BCUT2D eigenvalue weighted by Crippen LogP contribution is -1.84. The lowest BCUT2D eigenvalue weighted by molar-refractivity contribution is 0.283. The zero-order chi connectivity index (χ0) is 9.42. The Bertz CT molecular complexity index is 452. The average Bonchev–Trinajstić information content (AvgIpc) is 2.51. The maximum absolute atomic E-state index is 9.11. The van der Waals surface area contributed by atoms with Gasteiger partial charge in [0.2, 0.25) is 0 Å². The summed E-state index contributed by atoms with van der Waals surface area (Å²) in [4.78, 5) is 0. The third-order valence-corrected chi connectivity index (χ3v) is 4.59. The smallest absolute Gasteiger partial charge is 0.0688 e. The van der Waals surface area contributed by atoms with Crippen LogP contribution in [0.1, 0.15) is 5.56 Å². The van der Waals surface area contributed by atoms with Crippen molar-refractivity contribution in [1.82, 2.24) is 0 Å². The highest BCUT2D eigenvalue weighted by molar-refractivity contribution is 14.1. The lowest BCUT2D eigenvalue weighted by Gasteiger charge is -2.00. The van der Waals surface area contributed by atoms with Crippen molar-refractivity contribution < 1.29 is 5.11 Å². The van der Waals surface area contributed by atoms with Crippen molar-refractivity contribution in [3.05, 3.63) is 31.7 Å². The lowest BCUT2D eigenvalue weighted by atomic mass is 10.1. The molecule has 2 aromatic rings. The van der Waals surface area contributed by atoms with E-state index in [1.165, 1.54) is 3.57 Å². The average molecular weight is 325 g/mol. The summed E-state index contributed by atoms with van der Waals surface area (Å²) in [6.45, 7) is 0.0455. The van der Waals surface area contributed by atoms with Crippen molar-refractivity contribution in [3.63, 3.8) is 0 Å². The van der Waals surface area contributed by atoms with Gasteiger partial charge in [0.05, 0.1) is 11.6 Å². The molecule has 0 bridgehead atoms. The maximum atomic E-state index is 9.11. The van der Waals surface area contributed by atoms with Crippen LogP contribution in [-0.2, 0) is 6.61 Å². The molecule has 13 heavy (non-hydrogen) atoms. The second kappa shape index (κ2) is 3.73. The second-order valence-electron chi connectivity index (χ2n) is 2.65. The van der Waals surface area contributed by atoms with Gasteiger partial charge in [0.25, 0.3) is 0 Å². The molecule has 4 heteroatoms. The first-order chi connectivity index (χ1) is 6.24. The first-order valence-corrected chi connectivity index (χ1v) is 6.02. The molecule has 0 atom stereocenters. The van der Waals surface area contributed by atoms with Crippen molar-refractivity contribution >= 4 is 55.6 Å². The zero-order valence-electron chi connectivity index (χ0n) is 6.55. The highest BCUT2D eigenvalue weighted by Gasteiger charge is 2.09. The Hall–Kier alpha value is 0.160. The van der Waals surface area contributed by atoms with E-state index in [9.17, 15) is 0 Å². The maximum Gasteiger partial charge on any atom is 0.0688 e. The van der Waals surface area contributed by atoms with Crippen LogP contribution < -0.4 is 0 Å². The van der Waals surface area contributed by atoms with Crippen LogP contribution in [0.15, 0.2) is 17.5 Å². The quantitative estimate of drug-likeness (QED) is 0.794. The van der Waals surface area contributed by atoms with E-state index >= 15 is 0 Å². The van der Waals surface area contributed by atoms with Gasteiger partial charge in [0, 0.05) is 19.0 Å². The van der Waals surface area contributed by atoms with E-state index in [1.54, 1.807) is 11.3 Å². The molecule has 0 aliphatic rings. The SMILES string of the molecule is OCc1ccc(I)c2scc(Cl)c12. The van der Waals surface area contributed by atoms with Gasteiger partial charge in [-0.05, 0) is 34.2 Å². The number of aliphatic hydroxyl groups is 1. The van der Waals surface area contributed by atoms with Gasteiger partial charge < -0.3 is 5.11 Å². The van der Waals surface area contributed by atoms with Crippen LogP contribution in [0.2, 0.25) is 5.02 Å². The van der Waals surface area contributed by atoms with Crippen molar-refractivity contribution in [1.29, 1.82) is 0 Å². The molecule has 0 radical (unpaired) electrons. The number of thiophene rings is 1. The van der Waals surface area contributed by atoms with Gasteiger partial charge >= 0.3 is 0 Å². The fourth-order valence-electron chi connectivity index (χ4n) is 1.28. The Morgan fingerprint density at radius 3 is 2.92 bits per heavy atom. The van der Waals surface area contributed by atoms with Gasteiger partial charge in [0.1, 0.15) is 0 Å². The van der Waals surface area contributed by atoms with Gasteiger partial charge in [-0.2, -0.15) is 0 Å². The van der Waals surface area contributed by atoms with Crippen LogP contribution in [0.3, 0.4) is 0 Å². The molecule has 0 unspecified atom stereocenters. The molecule has 1 nitrogen and oxygen atoms in total. The van der Waals surface area contributed by atoms with Crippen LogP contribution in [0, 0.1) is 3.57 Å². The third kappa shape index (κ3) is 1.58. The van der Waals surface area contributed by atoms with E-state index < -0.39 is 0 Å². The molecular formula is C9H6ClIOS. The van der Waals surface area contributed by atoms with Crippen molar-refractivity contribution in [3.8, 4) is 0 Å². The molecule has 0 saturated heterocycles. The van der Waals surface area contributed by atoms with Gasteiger partial charge in [0.15, 0.2) is 0 Å². The summed E-state index contributed by atoms with van der Waals surface area (Å²) < 4.78 is 2.35. The van der Waals surface area contributed by atoms with E-state index in [0.717, 1.165) is 20.7 Å². The van der Waals surface area contributed by atoms with Crippen LogP contribution in [0.4, 0.5) is 0 Å². The number of halogens is 2. The number of fused-ring (bicyclic) bond motifs is 1. The Labute approximate surface area is 98.5 Å². The molecule has 0 saturated carbocycles. The minimum absolute atomic E-state index is 0.0455. The number of benzene rings is 1. The molecule has 0 aliphatic carbocycles. The van der Waals surface area contributed by atoms with Crippen molar-refractivity contribution in [2.24, 2.45) is 0 Å². The first kappa shape index (κ1) is 9.71. The van der Waals surface area contributed by atoms with Gasteiger partial charge in [-0.3, -0.25) is 0 Å². The molecule has 1 aromatic heterocycles. The van der Waals surface area contributed by atoms with Crippen LogP contribution in [0.5, 0.6) is 0 Å². The molecule has 0 amide bonds. The molecular weight excluding hydrogens is 319 g/mol. The summed E-state index contributed by atoms with van der Waals surface area (Å²) in [6.07, 6.45) is 0. The highest BCUT2D eigenvalue weighted by Crippen LogP contribution is 2.35. The first-order valence-electron chi connectivity index (χ1n) is 3.69. The highest BCUT2D eigenvalue weighted by atomic mass is 127. The van der Waals surface area contributed by atoms with E-state index in [4.69, 9.17) is 16.7 Å². The summed E-state index contributed by atoms with van der Waals surface area (Å²) in [5.41, 5.74) is 0.904. The fourth-order valence-corrected chi connectivity index (χ4v) is 3.39. The van der Waals surface area contributed by atoms with Crippen molar-refractivity contribution in [2.75, 3.05) is 0 Å². The fraction of sp³-hybridized carbons (Fsp3) is 0.111. The van der Waals surface area contributed by atoms with E-state index in [0.29, 0.717) is 0 Å². The molecule has 1 heterocycles. The number of hydrogen-bond acceptors (Lipinski definition) is 2. The molecule has 68 valence electrons. The van der Waals surface area contributed by atoms with Crippen LogP contribution in [-0.4, -0.2) is 5.11 Å². The van der Waals surface area contributed by atoms with Crippen LogP contribution in [0.25, 0.3) is 10.1 Å². The topological polar surface area (TPSA) is 20.2 Å². The molecule has 0 fully saturated rings. The molecule has 0 spiro atoms. The summed E-state index contributed by atoms with van der Waals surface area (Å²) in [5, 5.41) is 12.8. The summed E-state index contributed by atoms with van der Waals surface area (Å²) in [5.74, 6) is 0. The largest absolute Gasteiger partial charge is 0.392 e. The van der Waals surface area contributed by atoms with Gasteiger partial charge in [-0.15, -0.1) is 11.3 Å². The van der Waals surface area contributed by atoms with Crippen molar-refractivity contribution in [2.45, 2.75) is 6.61 Å². The van der Waals surface area contributed by atoms with Crippen LogP contribution >= 0.6 is 45.5 Å². The second-order valence-corrected chi connectivity index (χ2v) is 5.10. The Morgan fingerprint density at radius 2 is 2.23 bits per heavy atom. The van der Waals surface area contributed by atoms with E-state index in [2.05, 4.69) is 22.6 Å². The summed E-state index contributed by atoms with van der Waals surface area (Å²) >= 11 is 9.92. The Kier molecular flexibility index (Phi) is 2.78. The molecule has 1 aromatic carbocycles. The number of hydrogen-bond donors (Lipinski definition) is 1. The predicted octanol–water partition coefficient (Wildman–Crippen LogP) is 3.65. The molecule has 2 rings (SSSR count). The third-order valence-electron chi connectivity index (χ3n) is 1.89. The van der Waals surface area contributed by atoms with Gasteiger partial charge in [-0.1, -0.05) is 17.7 Å². The Morgan fingerprint density at radius 1 is 1.46 bits per heavy atom. The summed E-state index contributed by atoms with van der Waals surface area (Å²) in [6, 6.07) is 3.92. The number of rotatable bonds is 1. The standard InChI is InChI=1S/C9H6ClIOS/c10-6-4-13-9-7(11)2-1-5(3-12)8(6)9/h1-2,4,12H,3H2. The van der Waals surface area contributed by atoms with Gasteiger partial charge in [-0.25, -0.2) is 0 Å². The molecule has 0 aliphatic heterocycles. The summed E-state index contributed by atoms with van der Waals surface area (Å²) in [7, 11) is 0. The van der Waals surface area contributed by atoms with E-state index in [-0.39, 0.29) is 6.61 Å².